The van der Waals surface area contributed by atoms with Gasteiger partial charge in [-0.15, -0.1) is 0 Å². The number of hydrogen-bond acceptors (Lipinski definition) is 3. The number of carbonyl (C=O) groups excluding carboxylic acids is 1. The Morgan fingerprint density at radius 1 is 1.59 bits per heavy atom. The minimum Gasteiger partial charge on any atom is -0.494 e. The number of hydrogen-bond donors (Lipinski definition) is 2. The predicted octanol–water partition coefficient (Wildman–Crippen LogP) is 1.30. The Balaban J connectivity index is 1.97. The van der Waals surface area contributed by atoms with Crippen LogP contribution >= 0.6 is 0 Å². The number of carbonyl (C=O) groups is 1. The molecule has 0 radical (unpaired) electrons. The van der Waals surface area contributed by atoms with E-state index in [1.165, 1.54) is 0 Å². The Kier molecular flexibility index (Phi) is 3.64. The van der Waals surface area contributed by atoms with Crippen molar-refractivity contribution in [3.05, 3.63) is 29.8 Å². The second-order valence-electron chi connectivity index (χ2n) is 4.36. The third-order valence-electron chi connectivity index (χ3n) is 2.73. The molecule has 4 nitrogen and oxygen atoms in total. The molecule has 0 heterocycles. The van der Waals surface area contributed by atoms with Gasteiger partial charge < -0.3 is 15.8 Å². The van der Waals surface area contributed by atoms with E-state index in [-0.39, 0.29) is 18.0 Å². The van der Waals surface area contributed by atoms with E-state index in [0.29, 0.717) is 12.2 Å². The summed E-state index contributed by atoms with van der Waals surface area (Å²) >= 11 is 0. The lowest BCUT2D eigenvalue weighted by Crippen LogP contribution is -2.29. The zero-order valence-electron chi connectivity index (χ0n) is 9.98. The Bertz CT molecular complexity index is 406. The Morgan fingerprint density at radius 3 is 3.00 bits per heavy atom. The normalized spacial score (nSPS) is 22.0. The molecule has 1 aromatic rings. The van der Waals surface area contributed by atoms with E-state index < -0.39 is 0 Å². The quantitative estimate of drug-likeness (QED) is 0.807. The zero-order valence-corrected chi connectivity index (χ0v) is 9.98. The highest BCUT2D eigenvalue weighted by atomic mass is 16.5. The molecule has 4 heteroatoms. The van der Waals surface area contributed by atoms with Crippen LogP contribution in [0.1, 0.15) is 30.1 Å². The summed E-state index contributed by atoms with van der Waals surface area (Å²) < 4.78 is 5.48. The van der Waals surface area contributed by atoms with Gasteiger partial charge in [0.15, 0.2) is 0 Å². The molecule has 2 unspecified atom stereocenters. The van der Waals surface area contributed by atoms with Crippen LogP contribution in [0.4, 0.5) is 0 Å². The summed E-state index contributed by atoms with van der Waals surface area (Å²) in [5, 5.41) is 2.88. The van der Waals surface area contributed by atoms with Crippen LogP contribution in [0.5, 0.6) is 5.75 Å². The van der Waals surface area contributed by atoms with Crippen molar-refractivity contribution in [1.82, 2.24) is 5.32 Å². The Morgan fingerprint density at radius 2 is 2.35 bits per heavy atom. The maximum Gasteiger partial charge on any atom is 0.251 e. The van der Waals surface area contributed by atoms with Gasteiger partial charge in [0, 0.05) is 17.6 Å². The van der Waals surface area contributed by atoms with Crippen molar-refractivity contribution in [2.75, 3.05) is 6.61 Å². The molecule has 0 bridgehead atoms. The van der Waals surface area contributed by atoms with Crippen molar-refractivity contribution >= 4 is 5.91 Å². The molecular weight excluding hydrogens is 216 g/mol. The number of amides is 1. The first kappa shape index (κ1) is 11.9. The summed E-state index contributed by atoms with van der Waals surface area (Å²) in [7, 11) is 0. The lowest BCUT2D eigenvalue weighted by molar-refractivity contribution is 0.0950. The topological polar surface area (TPSA) is 64.3 Å². The number of nitrogens with one attached hydrogen (secondary N) is 1. The Labute approximate surface area is 101 Å². The third kappa shape index (κ3) is 3.20. The third-order valence-corrected chi connectivity index (χ3v) is 2.73. The zero-order chi connectivity index (χ0) is 12.3. The summed E-state index contributed by atoms with van der Waals surface area (Å²) in [5.41, 5.74) is 6.27. The fourth-order valence-corrected chi connectivity index (χ4v) is 1.58. The van der Waals surface area contributed by atoms with Crippen molar-refractivity contribution in [2.45, 2.75) is 31.8 Å². The maximum absolute atomic E-state index is 11.8. The molecule has 1 aliphatic rings. The monoisotopic (exact) mass is 234 g/mol. The number of ether oxygens (including phenoxy) is 1. The number of rotatable bonds is 5. The van der Waals surface area contributed by atoms with E-state index in [1.54, 1.807) is 12.1 Å². The van der Waals surface area contributed by atoms with Gasteiger partial charge in [-0.3, -0.25) is 4.79 Å². The van der Waals surface area contributed by atoms with Crippen LogP contribution < -0.4 is 15.8 Å². The van der Waals surface area contributed by atoms with Gasteiger partial charge in [-0.05, 0) is 31.0 Å². The van der Waals surface area contributed by atoms with Gasteiger partial charge >= 0.3 is 0 Å². The van der Waals surface area contributed by atoms with Crippen LogP contribution in [0.3, 0.4) is 0 Å². The Hall–Kier alpha value is -1.55. The summed E-state index contributed by atoms with van der Waals surface area (Å²) in [6, 6.07) is 7.49. The second-order valence-corrected chi connectivity index (χ2v) is 4.36. The molecule has 0 saturated heterocycles. The van der Waals surface area contributed by atoms with Crippen LogP contribution in [0.25, 0.3) is 0 Å². The van der Waals surface area contributed by atoms with Gasteiger partial charge in [-0.1, -0.05) is 13.0 Å². The van der Waals surface area contributed by atoms with E-state index in [1.807, 2.05) is 19.1 Å². The van der Waals surface area contributed by atoms with Crippen molar-refractivity contribution < 1.29 is 9.53 Å². The average Bonchev–Trinajstić information content (AvgIpc) is 3.02. The first-order chi connectivity index (χ1) is 8.20. The highest BCUT2D eigenvalue weighted by molar-refractivity contribution is 5.95. The van der Waals surface area contributed by atoms with Crippen molar-refractivity contribution in [2.24, 2.45) is 5.73 Å². The first-order valence-electron chi connectivity index (χ1n) is 6.00. The predicted molar refractivity (Wildman–Crippen MR) is 66.1 cm³/mol. The van der Waals surface area contributed by atoms with Crippen LogP contribution in [-0.4, -0.2) is 24.6 Å². The molecule has 1 amide bonds. The fraction of sp³-hybridized carbons (Fsp3) is 0.462. The van der Waals surface area contributed by atoms with Crippen molar-refractivity contribution in [1.29, 1.82) is 0 Å². The smallest absolute Gasteiger partial charge is 0.251 e. The van der Waals surface area contributed by atoms with Crippen molar-refractivity contribution in [3.63, 3.8) is 0 Å². The first-order valence-corrected chi connectivity index (χ1v) is 6.00. The lowest BCUT2D eigenvalue weighted by atomic mass is 10.2. The van der Waals surface area contributed by atoms with E-state index in [9.17, 15) is 4.79 Å². The molecule has 0 spiro atoms. The molecule has 0 aliphatic heterocycles. The van der Waals surface area contributed by atoms with Crippen molar-refractivity contribution in [3.8, 4) is 5.75 Å². The largest absolute Gasteiger partial charge is 0.494 e. The van der Waals surface area contributed by atoms with Gasteiger partial charge in [0.1, 0.15) is 5.75 Å². The molecule has 1 saturated carbocycles. The molecule has 1 aliphatic carbocycles. The van der Waals surface area contributed by atoms with E-state index in [0.717, 1.165) is 18.6 Å². The van der Waals surface area contributed by atoms with Gasteiger partial charge in [-0.2, -0.15) is 0 Å². The molecule has 2 rings (SSSR count). The highest BCUT2D eigenvalue weighted by Gasteiger charge is 2.34. The maximum atomic E-state index is 11.8. The highest BCUT2D eigenvalue weighted by Crippen LogP contribution is 2.19. The van der Waals surface area contributed by atoms with Gasteiger partial charge in [-0.25, -0.2) is 0 Å². The second kappa shape index (κ2) is 5.19. The summed E-state index contributed by atoms with van der Waals surface area (Å²) in [5.74, 6) is 0.657. The summed E-state index contributed by atoms with van der Waals surface area (Å²) in [6.45, 7) is 2.71. The van der Waals surface area contributed by atoms with Crippen LogP contribution in [0, 0.1) is 0 Å². The van der Waals surface area contributed by atoms with Gasteiger partial charge in [0.2, 0.25) is 0 Å². The summed E-state index contributed by atoms with van der Waals surface area (Å²) in [6.07, 6.45) is 1.82. The number of benzene rings is 1. The van der Waals surface area contributed by atoms with E-state index >= 15 is 0 Å². The average molecular weight is 234 g/mol. The van der Waals surface area contributed by atoms with Crippen LogP contribution in [0.15, 0.2) is 24.3 Å². The molecule has 1 fully saturated rings. The van der Waals surface area contributed by atoms with Crippen LogP contribution in [0.2, 0.25) is 0 Å². The molecule has 3 N–H and O–H groups in total. The SMILES string of the molecule is CCCOc1cccc(C(=O)NC2CC2N)c1. The van der Waals surface area contributed by atoms with E-state index in [2.05, 4.69) is 5.32 Å². The molecule has 0 aromatic heterocycles. The van der Waals surface area contributed by atoms with E-state index in [4.69, 9.17) is 10.5 Å². The minimum absolute atomic E-state index is 0.0788. The fourth-order valence-electron chi connectivity index (χ4n) is 1.58. The number of nitrogens with two attached hydrogens (primary N) is 1. The summed E-state index contributed by atoms with van der Waals surface area (Å²) in [4.78, 5) is 11.8. The molecule has 92 valence electrons. The molecule has 17 heavy (non-hydrogen) atoms. The molecular formula is C13H18N2O2. The van der Waals surface area contributed by atoms with Gasteiger partial charge in [0.25, 0.3) is 5.91 Å². The lowest BCUT2D eigenvalue weighted by Gasteiger charge is -2.07. The minimum atomic E-state index is -0.0788. The molecule has 2 atom stereocenters. The van der Waals surface area contributed by atoms with Gasteiger partial charge in [0.05, 0.1) is 6.61 Å². The van der Waals surface area contributed by atoms with Crippen LogP contribution in [-0.2, 0) is 0 Å². The standard InChI is InChI=1S/C13H18N2O2/c1-2-6-17-10-5-3-4-9(7-10)13(16)15-12-8-11(12)14/h3-5,7,11-12H,2,6,8,14H2,1H3,(H,15,16). The molecule has 1 aromatic carbocycles.